The summed E-state index contributed by atoms with van der Waals surface area (Å²) in [6.45, 7) is 1.05. The molecule has 1 heterocycles. The van der Waals surface area contributed by atoms with Crippen LogP contribution in [-0.2, 0) is 27.6 Å². The third kappa shape index (κ3) is 4.44. The van der Waals surface area contributed by atoms with Crippen LogP contribution in [0.4, 0.5) is 4.39 Å². The van der Waals surface area contributed by atoms with Crippen LogP contribution in [-0.4, -0.2) is 53.2 Å². The van der Waals surface area contributed by atoms with Crippen LogP contribution in [0.5, 0.6) is 0 Å². The molecular formula is C22H24BrFN2O5S. The van der Waals surface area contributed by atoms with Gasteiger partial charge in [0.25, 0.3) is 11.8 Å². The fourth-order valence-electron chi connectivity index (χ4n) is 3.71. The summed E-state index contributed by atoms with van der Waals surface area (Å²) in [5.41, 5.74) is 4.03. The fraction of sp³-hybridized carbons (Fsp3) is 0.364. The second-order valence-corrected chi connectivity index (χ2v) is 11.2. The van der Waals surface area contributed by atoms with E-state index in [2.05, 4.69) is 15.9 Å². The molecule has 0 unspecified atom stereocenters. The molecule has 0 aliphatic carbocycles. The number of fused-ring (bicyclic) bond motifs is 1. The van der Waals surface area contributed by atoms with Crippen molar-refractivity contribution >= 4 is 37.6 Å². The summed E-state index contributed by atoms with van der Waals surface area (Å²) in [6.07, 6.45) is 1.50. The third-order valence-electron chi connectivity index (χ3n) is 6.02. The first-order valence-electron chi connectivity index (χ1n) is 9.93. The highest BCUT2D eigenvalue weighted by Crippen LogP contribution is 2.33. The van der Waals surface area contributed by atoms with Gasteiger partial charge in [0.1, 0.15) is 5.82 Å². The molecule has 1 aliphatic rings. The average molecular weight is 527 g/mol. The number of amides is 2. The number of rotatable bonds is 8. The molecule has 0 saturated carbocycles. The summed E-state index contributed by atoms with van der Waals surface area (Å²) < 4.78 is 37.7. The van der Waals surface area contributed by atoms with E-state index in [0.717, 1.165) is 23.6 Å². The monoisotopic (exact) mass is 526 g/mol. The lowest BCUT2D eigenvalue weighted by Crippen LogP contribution is -2.50. The number of nitrogens with one attached hydrogen (secondary N) is 1. The normalized spacial score (nSPS) is 15.4. The summed E-state index contributed by atoms with van der Waals surface area (Å²) in [6, 6.07) is 10.7. The minimum atomic E-state index is -3.90. The maximum atomic E-state index is 15.3. The quantitative estimate of drug-likeness (QED) is 0.312. The Morgan fingerprint density at radius 1 is 1.22 bits per heavy atom. The van der Waals surface area contributed by atoms with E-state index in [0.29, 0.717) is 11.1 Å². The van der Waals surface area contributed by atoms with Gasteiger partial charge < -0.3 is 4.90 Å². The molecule has 1 atom stereocenters. The van der Waals surface area contributed by atoms with Crippen LogP contribution in [0.25, 0.3) is 11.1 Å². The summed E-state index contributed by atoms with van der Waals surface area (Å²) in [7, 11) is -3.90. The van der Waals surface area contributed by atoms with Crippen molar-refractivity contribution in [1.82, 2.24) is 10.4 Å². The Morgan fingerprint density at radius 3 is 2.41 bits per heavy atom. The molecule has 7 nitrogen and oxygen atoms in total. The molecule has 2 amide bonds. The number of hydrogen-bond donors (Lipinski definition) is 2. The molecule has 0 spiro atoms. The van der Waals surface area contributed by atoms with Crippen molar-refractivity contribution in [3.8, 4) is 11.1 Å². The van der Waals surface area contributed by atoms with Gasteiger partial charge in [-0.2, -0.15) is 0 Å². The van der Waals surface area contributed by atoms with Gasteiger partial charge in [-0.25, -0.2) is 18.3 Å². The van der Waals surface area contributed by atoms with Gasteiger partial charge in [0, 0.05) is 41.4 Å². The molecule has 1 aliphatic heterocycles. The Morgan fingerprint density at radius 2 is 1.84 bits per heavy atom. The van der Waals surface area contributed by atoms with E-state index in [1.165, 1.54) is 17.3 Å². The Hall–Kier alpha value is -2.30. The van der Waals surface area contributed by atoms with E-state index in [-0.39, 0.29) is 30.6 Å². The Kier molecular flexibility index (Phi) is 7.06. The van der Waals surface area contributed by atoms with Gasteiger partial charge >= 0.3 is 0 Å². The number of alkyl halides is 1. The molecule has 172 valence electrons. The topological polar surface area (TPSA) is 104 Å². The minimum absolute atomic E-state index is 0.0317. The number of sulfone groups is 1. The Balaban J connectivity index is 1.84. The first-order valence-corrected chi connectivity index (χ1v) is 12.9. The van der Waals surface area contributed by atoms with Crippen molar-refractivity contribution in [2.24, 2.45) is 0 Å². The lowest BCUT2D eigenvalue weighted by molar-refractivity contribution is -0.131. The smallest absolute Gasteiger partial charge is 0.264 e. The molecule has 0 fully saturated rings. The van der Waals surface area contributed by atoms with E-state index >= 15 is 4.39 Å². The van der Waals surface area contributed by atoms with Gasteiger partial charge in [-0.05, 0) is 37.0 Å². The predicted octanol–water partition coefficient (Wildman–Crippen LogP) is 3.08. The van der Waals surface area contributed by atoms with E-state index in [9.17, 15) is 18.0 Å². The zero-order chi connectivity index (χ0) is 23.7. The SMILES string of the molecule is C[C@@](CCN1Cc2c(ccc(-c3ccc(CCBr)cc3)c2F)C1=O)(C(=O)NO)S(C)(=O)=O. The molecule has 10 heteroatoms. The molecule has 0 saturated heterocycles. The first kappa shape index (κ1) is 24.3. The fourth-order valence-corrected chi connectivity index (χ4v) is 5.01. The molecule has 0 aromatic heterocycles. The van der Waals surface area contributed by atoms with Crippen LogP contribution < -0.4 is 5.48 Å². The summed E-state index contributed by atoms with van der Waals surface area (Å²) in [5, 5.41) is 9.77. The van der Waals surface area contributed by atoms with E-state index in [4.69, 9.17) is 5.21 Å². The molecule has 3 rings (SSSR count). The summed E-state index contributed by atoms with van der Waals surface area (Å²) >= 11 is 3.39. The number of hydroxylamine groups is 1. The van der Waals surface area contributed by atoms with Gasteiger partial charge in [-0.3, -0.25) is 14.8 Å². The van der Waals surface area contributed by atoms with Crippen molar-refractivity contribution in [2.45, 2.75) is 31.1 Å². The van der Waals surface area contributed by atoms with Gasteiger partial charge in [-0.15, -0.1) is 0 Å². The molecule has 2 aromatic carbocycles. The standard InChI is InChI=1S/C22H24BrFN2O5S/c1-22(21(28)25-29,32(2,30)31)10-12-26-13-18-17(20(26)27)8-7-16(19(18)24)15-5-3-14(4-6-15)9-11-23/h3-8,29H,9-13H2,1-2H3,(H,25,28)/t22-/m1/s1. The van der Waals surface area contributed by atoms with E-state index < -0.39 is 32.2 Å². The van der Waals surface area contributed by atoms with Crippen molar-refractivity contribution in [3.63, 3.8) is 0 Å². The Labute approximate surface area is 194 Å². The molecule has 32 heavy (non-hydrogen) atoms. The highest BCUT2D eigenvalue weighted by Gasteiger charge is 2.44. The zero-order valence-electron chi connectivity index (χ0n) is 17.7. The second kappa shape index (κ2) is 9.29. The van der Waals surface area contributed by atoms with E-state index in [1.807, 2.05) is 24.3 Å². The zero-order valence-corrected chi connectivity index (χ0v) is 20.1. The first-order chi connectivity index (χ1) is 15.0. The van der Waals surface area contributed by atoms with Gasteiger partial charge in [0.2, 0.25) is 0 Å². The number of carbonyl (C=O) groups is 2. The maximum Gasteiger partial charge on any atom is 0.264 e. The van der Waals surface area contributed by atoms with Crippen LogP contribution in [0, 0.1) is 5.82 Å². The number of benzene rings is 2. The molecule has 0 radical (unpaired) electrons. The number of aryl methyl sites for hydroxylation is 1. The van der Waals surface area contributed by atoms with Crippen LogP contribution in [0.2, 0.25) is 0 Å². The minimum Gasteiger partial charge on any atom is -0.334 e. The summed E-state index contributed by atoms with van der Waals surface area (Å²) in [5.74, 6) is -2.01. The predicted molar refractivity (Wildman–Crippen MR) is 122 cm³/mol. The van der Waals surface area contributed by atoms with E-state index in [1.54, 1.807) is 12.1 Å². The van der Waals surface area contributed by atoms with Crippen molar-refractivity contribution in [2.75, 3.05) is 18.1 Å². The van der Waals surface area contributed by atoms with Crippen LogP contribution in [0.1, 0.15) is 34.8 Å². The lowest BCUT2D eigenvalue weighted by Gasteiger charge is -2.27. The molecular weight excluding hydrogens is 503 g/mol. The van der Waals surface area contributed by atoms with Crippen LogP contribution >= 0.6 is 15.9 Å². The maximum absolute atomic E-state index is 15.3. The lowest BCUT2D eigenvalue weighted by atomic mass is 9.98. The largest absolute Gasteiger partial charge is 0.334 e. The van der Waals surface area contributed by atoms with Crippen LogP contribution in [0.3, 0.4) is 0 Å². The number of carbonyl (C=O) groups excluding carboxylic acids is 2. The van der Waals surface area contributed by atoms with Gasteiger partial charge in [0.05, 0.1) is 0 Å². The second-order valence-electron chi connectivity index (χ2n) is 8.01. The number of hydrogen-bond acceptors (Lipinski definition) is 5. The van der Waals surface area contributed by atoms with Crippen molar-refractivity contribution in [1.29, 1.82) is 0 Å². The summed E-state index contributed by atoms with van der Waals surface area (Å²) in [4.78, 5) is 26.1. The highest BCUT2D eigenvalue weighted by molar-refractivity contribution is 9.09. The average Bonchev–Trinajstić information content (AvgIpc) is 3.08. The number of nitrogens with zero attached hydrogens (tertiary/aromatic N) is 1. The highest BCUT2D eigenvalue weighted by atomic mass is 79.9. The van der Waals surface area contributed by atoms with Crippen LogP contribution in [0.15, 0.2) is 36.4 Å². The van der Waals surface area contributed by atoms with Crippen molar-refractivity contribution < 1.29 is 27.6 Å². The Bertz CT molecular complexity index is 1150. The molecule has 2 aromatic rings. The molecule has 2 N–H and O–H groups in total. The molecule has 0 bridgehead atoms. The van der Waals surface area contributed by atoms with Gasteiger partial charge in [-0.1, -0.05) is 46.3 Å². The number of halogens is 2. The van der Waals surface area contributed by atoms with Crippen molar-refractivity contribution in [3.05, 3.63) is 58.9 Å². The third-order valence-corrected chi connectivity index (χ3v) is 8.44. The van der Waals surface area contributed by atoms with Gasteiger partial charge in [0.15, 0.2) is 14.6 Å².